The summed E-state index contributed by atoms with van der Waals surface area (Å²) >= 11 is 6.04. The number of carbonyl (C=O) groups excluding carboxylic acids is 1. The molecule has 0 radical (unpaired) electrons. The Morgan fingerprint density at radius 1 is 1.24 bits per heavy atom. The second-order valence-electron chi connectivity index (χ2n) is 5.63. The lowest BCUT2D eigenvalue weighted by atomic mass is 10.2. The van der Waals surface area contributed by atoms with Crippen molar-refractivity contribution in [3.8, 4) is 0 Å². The molecule has 7 heteroatoms. The van der Waals surface area contributed by atoms with Crippen molar-refractivity contribution in [2.75, 3.05) is 37.4 Å². The highest BCUT2D eigenvalue weighted by Gasteiger charge is 2.03. The Bertz CT molecular complexity index is 761. The maximum absolute atomic E-state index is 11.8. The molecule has 0 saturated carbocycles. The fourth-order valence-electron chi connectivity index (χ4n) is 2.08. The van der Waals surface area contributed by atoms with Gasteiger partial charge in [-0.3, -0.25) is 4.79 Å². The van der Waals surface area contributed by atoms with Crippen LogP contribution in [0.2, 0.25) is 5.02 Å². The number of hydrogen-bond donors (Lipinski definition) is 2. The van der Waals surface area contributed by atoms with Crippen LogP contribution in [0.1, 0.15) is 11.4 Å². The highest BCUT2D eigenvalue weighted by Crippen LogP contribution is 2.16. The summed E-state index contributed by atoms with van der Waals surface area (Å²) in [6, 6.07) is 9.23. The molecule has 0 fully saturated rings. The van der Waals surface area contributed by atoms with Crippen molar-refractivity contribution in [2.24, 2.45) is 0 Å². The predicted octanol–water partition coefficient (Wildman–Crippen LogP) is 2.75. The smallest absolute Gasteiger partial charge is 0.244 e. The van der Waals surface area contributed by atoms with Gasteiger partial charge in [-0.15, -0.1) is 0 Å². The van der Waals surface area contributed by atoms with Crippen molar-refractivity contribution in [2.45, 2.75) is 6.92 Å². The van der Waals surface area contributed by atoms with Crippen LogP contribution in [0, 0.1) is 6.92 Å². The second kappa shape index (κ2) is 9.03. The predicted molar refractivity (Wildman–Crippen MR) is 103 cm³/mol. The van der Waals surface area contributed by atoms with Gasteiger partial charge in [-0.1, -0.05) is 29.8 Å². The molecule has 0 aliphatic heterocycles. The highest BCUT2D eigenvalue weighted by atomic mass is 35.5. The first-order chi connectivity index (χ1) is 12.0. The largest absolute Gasteiger partial charge is 0.368 e. The summed E-state index contributed by atoms with van der Waals surface area (Å²) in [4.78, 5) is 22.4. The van der Waals surface area contributed by atoms with E-state index in [4.69, 9.17) is 11.6 Å². The van der Waals surface area contributed by atoms with Gasteiger partial charge in [-0.05, 0) is 24.6 Å². The number of carbonyl (C=O) groups is 1. The van der Waals surface area contributed by atoms with Gasteiger partial charge in [0.2, 0.25) is 5.91 Å². The van der Waals surface area contributed by atoms with Gasteiger partial charge in [-0.25, -0.2) is 9.97 Å². The van der Waals surface area contributed by atoms with Crippen LogP contribution in [-0.4, -0.2) is 43.1 Å². The Morgan fingerprint density at radius 2 is 2.00 bits per heavy atom. The van der Waals surface area contributed by atoms with E-state index in [0.29, 0.717) is 23.9 Å². The summed E-state index contributed by atoms with van der Waals surface area (Å²) in [5.41, 5.74) is 0.810. The van der Waals surface area contributed by atoms with Crippen LogP contribution in [-0.2, 0) is 4.79 Å². The molecule has 1 aromatic carbocycles. The molecule has 132 valence electrons. The number of hydrogen-bond acceptors (Lipinski definition) is 5. The van der Waals surface area contributed by atoms with Gasteiger partial charge in [0.1, 0.15) is 17.5 Å². The van der Waals surface area contributed by atoms with Crippen molar-refractivity contribution in [3.05, 3.63) is 52.8 Å². The molecule has 0 bridgehead atoms. The number of rotatable bonds is 7. The zero-order valence-corrected chi connectivity index (χ0v) is 15.3. The molecule has 1 aromatic heterocycles. The molecule has 2 aromatic rings. The normalized spacial score (nSPS) is 10.7. The van der Waals surface area contributed by atoms with E-state index in [0.717, 1.165) is 17.2 Å². The van der Waals surface area contributed by atoms with E-state index in [1.54, 1.807) is 12.1 Å². The molecule has 2 rings (SSSR count). The van der Waals surface area contributed by atoms with Crippen LogP contribution in [0.5, 0.6) is 0 Å². The Kier molecular flexibility index (Phi) is 6.77. The summed E-state index contributed by atoms with van der Waals surface area (Å²) in [5, 5.41) is 6.61. The Hall–Kier alpha value is -2.60. The van der Waals surface area contributed by atoms with Crippen LogP contribution in [0.25, 0.3) is 6.08 Å². The van der Waals surface area contributed by atoms with E-state index < -0.39 is 0 Å². The third-order valence-corrected chi connectivity index (χ3v) is 3.68. The van der Waals surface area contributed by atoms with Crippen molar-refractivity contribution in [3.63, 3.8) is 0 Å². The van der Waals surface area contributed by atoms with Crippen LogP contribution in [0.15, 0.2) is 36.4 Å². The van der Waals surface area contributed by atoms with Gasteiger partial charge >= 0.3 is 0 Å². The first-order valence-electron chi connectivity index (χ1n) is 7.93. The minimum atomic E-state index is -0.172. The third kappa shape index (κ3) is 6.08. The lowest BCUT2D eigenvalue weighted by Crippen LogP contribution is -2.27. The van der Waals surface area contributed by atoms with E-state index in [9.17, 15) is 4.79 Å². The summed E-state index contributed by atoms with van der Waals surface area (Å²) in [5.74, 6) is 2.09. The van der Waals surface area contributed by atoms with E-state index in [1.807, 2.05) is 50.2 Å². The quantitative estimate of drug-likeness (QED) is 0.587. The SMILES string of the molecule is Cc1nc(NCCNC(=O)/C=C/c2ccccc2Cl)cc(N(C)C)n1. The van der Waals surface area contributed by atoms with Gasteiger partial charge in [0.25, 0.3) is 0 Å². The number of benzene rings is 1. The molecule has 1 heterocycles. The first-order valence-corrected chi connectivity index (χ1v) is 8.31. The van der Waals surface area contributed by atoms with E-state index in [-0.39, 0.29) is 5.91 Å². The molecule has 2 N–H and O–H groups in total. The third-order valence-electron chi connectivity index (χ3n) is 3.33. The summed E-state index contributed by atoms with van der Waals surface area (Å²) in [7, 11) is 3.86. The maximum atomic E-state index is 11.8. The molecule has 0 saturated heterocycles. The summed E-state index contributed by atoms with van der Waals surface area (Å²) in [6.45, 7) is 2.89. The Labute approximate surface area is 152 Å². The molecule has 1 amide bonds. The van der Waals surface area contributed by atoms with Gasteiger partial charge in [0, 0.05) is 44.3 Å². The number of nitrogens with one attached hydrogen (secondary N) is 2. The molecule has 0 spiro atoms. The minimum Gasteiger partial charge on any atom is -0.368 e. The lowest BCUT2D eigenvalue weighted by Gasteiger charge is -2.14. The molecule has 0 aliphatic carbocycles. The Balaban J connectivity index is 1.79. The monoisotopic (exact) mass is 359 g/mol. The minimum absolute atomic E-state index is 0.172. The number of nitrogens with zero attached hydrogens (tertiary/aromatic N) is 3. The van der Waals surface area contributed by atoms with Gasteiger partial charge in [-0.2, -0.15) is 0 Å². The topological polar surface area (TPSA) is 70.2 Å². The molecule has 0 atom stereocenters. The van der Waals surface area contributed by atoms with Crippen LogP contribution < -0.4 is 15.5 Å². The van der Waals surface area contributed by atoms with Crippen LogP contribution in [0.3, 0.4) is 0 Å². The van der Waals surface area contributed by atoms with Crippen LogP contribution >= 0.6 is 11.6 Å². The summed E-state index contributed by atoms with van der Waals surface area (Å²) in [6.07, 6.45) is 3.17. The standard InChI is InChI=1S/C18H22ClN5O/c1-13-22-16(12-17(23-13)24(2)3)20-10-11-21-18(25)9-8-14-6-4-5-7-15(14)19/h4-9,12H,10-11H2,1-3H3,(H,21,25)(H,20,22,23)/b9-8+. The molecular weight excluding hydrogens is 338 g/mol. The number of anilines is 2. The first kappa shape index (κ1) is 18.7. The Morgan fingerprint density at radius 3 is 2.72 bits per heavy atom. The average Bonchev–Trinajstić information content (AvgIpc) is 2.57. The van der Waals surface area contributed by atoms with E-state index in [1.165, 1.54) is 6.08 Å². The summed E-state index contributed by atoms with van der Waals surface area (Å²) < 4.78 is 0. The van der Waals surface area contributed by atoms with Gasteiger partial charge in [0.05, 0.1) is 0 Å². The molecule has 0 aliphatic rings. The van der Waals surface area contributed by atoms with Crippen LogP contribution in [0.4, 0.5) is 11.6 Å². The fraction of sp³-hybridized carbons (Fsp3) is 0.278. The number of aromatic nitrogens is 2. The zero-order valence-electron chi connectivity index (χ0n) is 14.6. The second-order valence-corrected chi connectivity index (χ2v) is 6.03. The average molecular weight is 360 g/mol. The lowest BCUT2D eigenvalue weighted by molar-refractivity contribution is -0.116. The number of amides is 1. The maximum Gasteiger partial charge on any atom is 0.244 e. The molecule has 6 nitrogen and oxygen atoms in total. The van der Waals surface area contributed by atoms with Crippen molar-refractivity contribution < 1.29 is 4.79 Å². The number of halogens is 1. The zero-order chi connectivity index (χ0) is 18.2. The molecule has 25 heavy (non-hydrogen) atoms. The van der Waals surface area contributed by atoms with E-state index in [2.05, 4.69) is 20.6 Å². The molecule has 0 unspecified atom stereocenters. The van der Waals surface area contributed by atoms with Crippen molar-refractivity contribution >= 4 is 35.2 Å². The van der Waals surface area contributed by atoms with Crippen molar-refractivity contribution in [1.29, 1.82) is 0 Å². The van der Waals surface area contributed by atoms with Crippen molar-refractivity contribution in [1.82, 2.24) is 15.3 Å². The fourth-order valence-corrected chi connectivity index (χ4v) is 2.28. The van der Waals surface area contributed by atoms with E-state index >= 15 is 0 Å². The van der Waals surface area contributed by atoms with Gasteiger partial charge in [0.15, 0.2) is 0 Å². The molecular formula is C18H22ClN5O. The van der Waals surface area contributed by atoms with Gasteiger partial charge < -0.3 is 15.5 Å². The highest BCUT2D eigenvalue weighted by molar-refractivity contribution is 6.32. The number of aryl methyl sites for hydroxylation is 1.